The molecule has 0 aliphatic heterocycles. The third-order valence-electron chi connectivity index (χ3n) is 24.0. The molecule has 15 aromatic rings. The maximum atomic E-state index is 12.5. The number of carbonyl (C=O) groups is 2. The number of hydrogen-bond donors (Lipinski definition) is 15. The van der Waals surface area contributed by atoms with Crippen LogP contribution in [-0.4, -0.2) is 50.7 Å². The molecule has 19 nitrogen and oxygen atoms in total. The van der Waals surface area contributed by atoms with E-state index < -0.39 is 11.9 Å². The van der Waals surface area contributed by atoms with Crippen LogP contribution in [0.4, 0.5) is 85.3 Å². The molecule has 0 saturated carbocycles. The standard InChI is InChI=1S/C27H32N2O3.C27H34N2O.C24H26N2O3.2C24H28N2O/c1-5-15-32-26(31)23-16-19(17-24(25(23)30)27(2,3)4)18-28-20-11-13-22(14-12-20)29-21-9-7-6-8-10-21;1-26(2,3)20-16-19(25(30)24(17-20)27(4,5)6)18-28-21-12-14-23(15-13-21)29-22-10-8-7-9-11-22;1-3-13-29-24(28)22-15-18(14-17(2)23(22)27)16-25-19-9-11-21(12-10-19)26-20-7-5-4-6-8-20;1-17-14-18(15-22(23(17)27)24(2,3)4)16-25-19-10-12-21(13-11-19)26-20-8-6-5-7-9-20;1-17-14-18(23(27)22(15-17)24(2,3)4)16-25-19-10-12-21(13-11-19)26-20-8-6-5-7-9-20/h6-14,16-17,28-30H,5,15,18H2,1-4H3;7-17,28-30H,18H2,1-6H3;4-12,14-15,25-27H,3,13,16H2,1-2H3;2*5-15,25-27H,16H2,1-4H3. The number of ether oxygens (including phenoxy) is 2. The minimum absolute atomic E-state index is 0.00121. The molecule has 0 spiro atoms. The molecule has 0 bridgehead atoms. The Hall–Kier alpha value is -15.8. The third-order valence-corrected chi connectivity index (χ3v) is 24.0. The van der Waals surface area contributed by atoms with Crippen molar-refractivity contribution in [1.82, 2.24) is 0 Å². The normalized spacial score (nSPS) is 11.2. The first kappa shape index (κ1) is 110. The zero-order chi connectivity index (χ0) is 105. The maximum Gasteiger partial charge on any atom is 0.341 e. The van der Waals surface area contributed by atoms with Gasteiger partial charge in [-0.3, -0.25) is 0 Å². The molecule has 15 aromatic carbocycles. The third kappa shape index (κ3) is 34.0. The second-order valence-electron chi connectivity index (χ2n) is 41.6. The lowest BCUT2D eigenvalue weighted by atomic mass is 9.79. The molecule has 145 heavy (non-hydrogen) atoms. The Morgan fingerprint density at radius 2 is 0.476 bits per heavy atom. The van der Waals surface area contributed by atoms with Crippen LogP contribution >= 0.6 is 0 Å². The number of phenols is 5. The number of rotatable bonds is 31. The summed E-state index contributed by atoms with van der Waals surface area (Å²) in [5, 5.41) is 86.9. The van der Waals surface area contributed by atoms with Gasteiger partial charge in [-0.15, -0.1) is 0 Å². The number of benzene rings is 15. The molecular formula is C126H148N10O9. The number of esters is 2. The fourth-order valence-corrected chi connectivity index (χ4v) is 15.9. The molecule has 0 atom stereocenters. The van der Waals surface area contributed by atoms with Gasteiger partial charge in [-0.2, -0.15) is 0 Å². The summed E-state index contributed by atoms with van der Waals surface area (Å²) in [6.07, 6.45) is 1.47. The van der Waals surface area contributed by atoms with Crippen LogP contribution in [0, 0.1) is 20.8 Å². The molecule has 0 unspecified atom stereocenters. The van der Waals surface area contributed by atoms with Crippen molar-refractivity contribution in [1.29, 1.82) is 0 Å². The van der Waals surface area contributed by atoms with Crippen molar-refractivity contribution in [2.24, 2.45) is 0 Å². The highest BCUT2D eigenvalue weighted by atomic mass is 16.5. The summed E-state index contributed by atoms with van der Waals surface area (Å²) < 4.78 is 10.4. The Kier molecular flexibility index (Phi) is 38.8. The SMILES string of the molecule is CC(C)(C)c1cc(CNc2ccc(Nc3ccccc3)cc2)c(O)c(C(C)(C)C)c1.CCCOC(=O)c1cc(CNc2ccc(Nc3ccccc3)cc2)cc(C(C)(C)C)c1O.CCCOC(=O)c1cc(CNc2ccc(Nc3ccccc3)cc2)cc(C)c1O.Cc1cc(CNc2ccc(Nc3ccccc3)cc2)c(O)c(C(C)(C)C)c1.Cc1cc(CNc2ccc(Nc3ccccc3)cc2)cc(C(C)(C)C)c1O. The molecular weight excluding hydrogens is 1800 g/mol. The van der Waals surface area contributed by atoms with E-state index in [2.05, 4.69) is 216 Å². The van der Waals surface area contributed by atoms with Crippen LogP contribution in [0.15, 0.2) is 334 Å². The predicted molar refractivity (Wildman–Crippen MR) is 607 cm³/mol. The second kappa shape index (κ2) is 51.3. The van der Waals surface area contributed by atoms with Gasteiger partial charge in [-0.25, -0.2) is 9.59 Å². The van der Waals surface area contributed by atoms with Crippen molar-refractivity contribution in [2.75, 3.05) is 66.4 Å². The number of nitrogens with one attached hydrogen (secondary N) is 10. The highest BCUT2D eigenvalue weighted by Crippen LogP contribution is 2.42. The number of anilines is 15. The lowest BCUT2D eigenvalue weighted by molar-refractivity contribution is 0.0492. The Bertz CT molecular complexity index is 6630. The van der Waals surface area contributed by atoms with Crippen molar-refractivity contribution in [3.63, 3.8) is 0 Å². The van der Waals surface area contributed by atoms with Crippen molar-refractivity contribution in [2.45, 2.75) is 211 Å². The van der Waals surface area contributed by atoms with E-state index in [-0.39, 0.29) is 49.7 Å². The molecule has 0 amide bonds. The minimum atomic E-state index is -0.495. The lowest BCUT2D eigenvalue weighted by Crippen LogP contribution is -2.18. The molecule has 15 N–H and O–H groups in total. The summed E-state index contributed by atoms with van der Waals surface area (Å²) in [6.45, 7) is 45.1. The van der Waals surface area contributed by atoms with Crippen LogP contribution in [0.3, 0.4) is 0 Å². The van der Waals surface area contributed by atoms with Crippen LogP contribution in [-0.2, 0) is 69.3 Å². The van der Waals surface area contributed by atoms with E-state index >= 15 is 0 Å². The molecule has 15 rings (SSSR count). The number of phenolic OH excluding ortho intramolecular Hbond substituents is 5. The Morgan fingerprint density at radius 3 is 0.766 bits per heavy atom. The molecule has 0 aliphatic carbocycles. The predicted octanol–water partition coefficient (Wildman–Crippen LogP) is 32.3. The molecule has 0 fully saturated rings. The van der Waals surface area contributed by atoms with E-state index in [0.29, 0.717) is 62.2 Å². The average molecular weight is 1950 g/mol. The van der Waals surface area contributed by atoms with Crippen LogP contribution in [0.25, 0.3) is 0 Å². The first-order chi connectivity index (χ1) is 69.0. The summed E-state index contributed by atoms with van der Waals surface area (Å²) in [6, 6.07) is 111. The summed E-state index contributed by atoms with van der Waals surface area (Å²) in [7, 11) is 0. The van der Waals surface area contributed by atoms with Gasteiger partial charge in [0, 0.05) is 135 Å². The first-order valence-corrected chi connectivity index (χ1v) is 49.9. The summed E-state index contributed by atoms with van der Waals surface area (Å²) in [5.74, 6) is 0.180. The summed E-state index contributed by atoms with van der Waals surface area (Å²) >= 11 is 0. The zero-order valence-electron chi connectivity index (χ0n) is 88.0. The lowest BCUT2D eigenvalue weighted by Gasteiger charge is -2.27. The number of carbonyl (C=O) groups excluding carboxylic acids is 2. The van der Waals surface area contributed by atoms with Gasteiger partial charge in [0.1, 0.15) is 39.9 Å². The van der Waals surface area contributed by atoms with E-state index in [1.807, 2.05) is 290 Å². The van der Waals surface area contributed by atoms with E-state index in [1.165, 1.54) is 11.1 Å². The monoisotopic (exact) mass is 1950 g/mol. The summed E-state index contributed by atoms with van der Waals surface area (Å²) in [4.78, 5) is 24.7. The van der Waals surface area contributed by atoms with E-state index in [1.54, 1.807) is 19.1 Å². The quantitative estimate of drug-likeness (QED) is 0.0180. The highest BCUT2D eigenvalue weighted by molar-refractivity contribution is 5.94. The molecule has 0 saturated heterocycles. The van der Waals surface area contributed by atoms with Crippen LogP contribution < -0.4 is 53.2 Å². The van der Waals surface area contributed by atoms with Gasteiger partial charge in [0.15, 0.2) is 0 Å². The second-order valence-corrected chi connectivity index (χ2v) is 41.6. The van der Waals surface area contributed by atoms with E-state index in [4.69, 9.17) is 9.47 Å². The average Bonchev–Trinajstić information content (AvgIpc) is 0.789. The van der Waals surface area contributed by atoms with Gasteiger partial charge >= 0.3 is 11.9 Å². The summed E-state index contributed by atoms with van der Waals surface area (Å²) in [5.41, 5.74) is 27.8. The van der Waals surface area contributed by atoms with Crippen molar-refractivity contribution < 1.29 is 44.6 Å². The molecule has 19 heteroatoms. The number of aryl methyl sites for hydroxylation is 3. The minimum Gasteiger partial charge on any atom is -0.507 e. The van der Waals surface area contributed by atoms with Gasteiger partial charge in [0.2, 0.25) is 0 Å². The van der Waals surface area contributed by atoms with Gasteiger partial charge in [-0.05, 0) is 323 Å². The van der Waals surface area contributed by atoms with E-state index in [9.17, 15) is 35.1 Å². The fourth-order valence-electron chi connectivity index (χ4n) is 15.9. The van der Waals surface area contributed by atoms with Gasteiger partial charge in [0.25, 0.3) is 0 Å². The zero-order valence-corrected chi connectivity index (χ0v) is 88.0. The smallest absolute Gasteiger partial charge is 0.341 e. The number of hydrogen-bond acceptors (Lipinski definition) is 19. The first-order valence-electron chi connectivity index (χ1n) is 49.9. The Labute approximate surface area is 859 Å². The fraction of sp³-hybridized carbons (Fsp3) is 0.270. The molecule has 0 heterocycles. The van der Waals surface area contributed by atoms with Gasteiger partial charge < -0.3 is 88.2 Å². The van der Waals surface area contributed by atoms with Crippen LogP contribution in [0.2, 0.25) is 0 Å². The largest absolute Gasteiger partial charge is 0.507 e. The van der Waals surface area contributed by atoms with Crippen LogP contribution in [0.5, 0.6) is 28.7 Å². The molecule has 756 valence electrons. The van der Waals surface area contributed by atoms with Crippen LogP contribution in [0.1, 0.15) is 224 Å². The topological polar surface area (TPSA) is 274 Å². The van der Waals surface area contributed by atoms with Crippen molar-refractivity contribution in [3.8, 4) is 28.7 Å². The molecule has 0 aliphatic rings. The Balaban J connectivity index is 0.000000173. The van der Waals surface area contributed by atoms with Gasteiger partial charge in [-0.1, -0.05) is 245 Å². The molecule has 0 radical (unpaired) electrons. The van der Waals surface area contributed by atoms with E-state index in [0.717, 1.165) is 160 Å². The number of para-hydroxylation sites is 5. The van der Waals surface area contributed by atoms with Crippen molar-refractivity contribution in [3.05, 3.63) is 417 Å². The Morgan fingerprint density at radius 1 is 0.241 bits per heavy atom. The van der Waals surface area contributed by atoms with Gasteiger partial charge in [0.05, 0.1) is 13.2 Å². The molecule has 0 aromatic heterocycles. The maximum absolute atomic E-state index is 12.5. The van der Waals surface area contributed by atoms with Crippen molar-refractivity contribution >= 4 is 97.2 Å². The number of aromatic hydroxyl groups is 5. The highest BCUT2D eigenvalue weighted by Gasteiger charge is 2.29.